The molecule has 0 saturated heterocycles. The normalized spacial score (nSPS) is 13.6. The molecule has 1 aromatic carbocycles. The molecule has 0 bridgehead atoms. The average Bonchev–Trinajstić information content (AvgIpc) is 2.81. The van der Waals surface area contributed by atoms with E-state index in [0.717, 1.165) is 21.7 Å². The van der Waals surface area contributed by atoms with Crippen molar-refractivity contribution >= 4 is 28.1 Å². The van der Waals surface area contributed by atoms with Crippen molar-refractivity contribution in [3.63, 3.8) is 0 Å². The lowest BCUT2D eigenvalue weighted by Crippen LogP contribution is -2.03. The first kappa shape index (κ1) is 9.35. The summed E-state index contributed by atoms with van der Waals surface area (Å²) in [5.41, 5.74) is 8.60. The van der Waals surface area contributed by atoms with E-state index in [1.54, 1.807) is 6.20 Å². The van der Waals surface area contributed by atoms with E-state index in [1.807, 2.05) is 18.2 Å². The highest BCUT2D eigenvalue weighted by atomic mass is 32.1. The van der Waals surface area contributed by atoms with E-state index in [-0.39, 0.29) is 5.91 Å². The number of fused-ring (bicyclic) bond motifs is 1. The van der Waals surface area contributed by atoms with Gasteiger partial charge in [0, 0.05) is 11.9 Å². The van der Waals surface area contributed by atoms with Gasteiger partial charge in [-0.1, -0.05) is 17.4 Å². The minimum Gasteiger partial charge on any atom is -0.375 e. The van der Waals surface area contributed by atoms with E-state index in [1.165, 1.54) is 11.3 Å². The molecule has 4 nitrogen and oxygen atoms in total. The SMILES string of the molecule is Nc1ncc(-c2ccc3c(c2)CC(=O)N3)s1. The van der Waals surface area contributed by atoms with Crippen molar-refractivity contribution in [1.82, 2.24) is 4.98 Å². The fraction of sp³-hybridized carbons (Fsp3) is 0.0909. The van der Waals surface area contributed by atoms with Gasteiger partial charge < -0.3 is 11.1 Å². The summed E-state index contributed by atoms with van der Waals surface area (Å²) in [4.78, 5) is 16.3. The van der Waals surface area contributed by atoms with Crippen molar-refractivity contribution in [3.8, 4) is 10.4 Å². The zero-order valence-electron chi connectivity index (χ0n) is 8.36. The highest BCUT2D eigenvalue weighted by molar-refractivity contribution is 7.18. The Morgan fingerprint density at radius 1 is 1.44 bits per heavy atom. The second-order valence-corrected chi connectivity index (χ2v) is 4.72. The predicted molar refractivity (Wildman–Crippen MR) is 64.3 cm³/mol. The molecule has 0 fully saturated rings. The Morgan fingerprint density at radius 2 is 2.31 bits per heavy atom. The standard InChI is InChI=1S/C11H9N3OS/c12-11-13-5-9(16-11)6-1-2-8-7(3-6)4-10(15)14-8/h1-3,5H,4H2,(H2,12,13)(H,14,15). The van der Waals surface area contributed by atoms with E-state index < -0.39 is 0 Å². The Bertz CT molecular complexity index is 576. The number of hydrogen-bond acceptors (Lipinski definition) is 4. The number of nitrogen functional groups attached to an aromatic ring is 1. The van der Waals surface area contributed by atoms with Gasteiger partial charge >= 0.3 is 0 Å². The molecule has 1 aliphatic rings. The van der Waals surface area contributed by atoms with Gasteiger partial charge in [-0.2, -0.15) is 0 Å². The molecule has 3 rings (SSSR count). The summed E-state index contributed by atoms with van der Waals surface area (Å²) in [5, 5.41) is 3.37. The number of amides is 1. The van der Waals surface area contributed by atoms with Crippen LogP contribution in [0.15, 0.2) is 24.4 Å². The molecule has 0 saturated carbocycles. The fourth-order valence-corrected chi connectivity index (χ4v) is 2.48. The number of nitrogens with zero attached hydrogens (tertiary/aromatic N) is 1. The highest BCUT2D eigenvalue weighted by Gasteiger charge is 2.18. The number of carbonyl (C=O) groups excluding carboxylic acids is 1. The minimum absolute atomic E-state index is 0.0518. The summed E-state index contributed by atoms with van der Waals surface area (Å²) in [5.74, 6) is 0.0518. The number of thiazole rings is 1. The van der Waals surface area contributed by atoms with Gasteiger partial charge in [0.25, 0.3) is 0 Å². The van der Waals surface area contributed by atoms with Crippen molar-refractivity contribution in [2.24, 2.45) is 0 Å². The molecule has 0 unspecified atom stereocenters. The Labute approximate surface area is 96.1 Å². The van der Waals surface area contributed by atoms with Crippen molar-refractivity contribution in [1.29, 1.82) is 0 Å². The van der Waals surface area contributed by atoms with Crippen LogP contribution in [0.25, 0.3) is 10.4 Å². The van der Waals surface area contributed by atoms with Gasteiger partial charge in [-0.25, -0.2) is 4.98 Å². The molecular weight excluding hydrogens is 222 g/mol. The molecule has 1 amide bonds. The van der Waals surface area contributed by atoms with E-state index in [2.05, 4.69) is 10.3 Å². The number of hydrogen-bond donors (Lipinski definition) is 2. The predicted octanol–water partition coefficient (Wildman–Crippen LogP) is 1.89. The topological polar surface area (TPSA) is 68.0 Å². The molecule has 2 heterocycles. The van der Waals surface area contributed by atoms with Crippen LogP contribution in [0, 0.1) is 0 Å². The zero-order valence-corrected chi connectivity index (χ0v) is 9.17. The molecule has 3 N–H and O–H groups in total. The monoisotopic (exact) mass is 231 g/mol. The summed E-state index contributed by atoms with van der Waals surface area (Å²) >= 11 is 1.45. The lowest BCUT2D eigenvalue weighted by molar-refractivity contribution is -0.115. The number of nitrogens with one attached hydrogen (secondary N) is 1. The van der Waals surface area contributed by atoms with Crippen LogP contribution < -0.4 is 11.1 Å². The lowest BCUT2D eigenvalue weighted by Gasteiger charge is -2.00. The molecule has 0 radical (unpaired) electrons. The summed E-state index contributed by atoms with van der Waals surface area (Å²) in [6.45, 7) is 0. The summed E-state index contributed by atoms with van der Waals surface area (Å²) in [7, 11) is 0. The second kappa shape index (κ2) is 3.31. The van der Waals surface area contributed by atoms with Gasteiger partial charge in [-0.15, -0.1) is 0 Å². The first-order chi connectivity index (χ1) is 7.72. The van der Waals surface area contributed by atoms with E-state index >= 15 is 0 Å². The van der Waals surface area contributed by atoms with Gasteiger partial charge in [0.05, 0.1) is 11.3 Å². The van der Waals surface area contributed by atoms with E-state index in [9.17, 15) is 4.79 Å². The Balaban J connectivity index is 2.05. The maximum absolute atomic E-state index is 11.2. The number of benzene rings is 1. The molecule has 80 valence electrons. The summed E-state index contributed by atoms with van der Waals surface area (Å²) in [6.07, 6.45) is 2.21. The largest absolute Gasteiger partial charge is 0.375 e. The van der Waals surface area contributed by atoms with Gasteiger partial charge in [0.2, 0.25) is 5.91 Å². The smallest absolute Gasteiger partial charge is 0.228 e. The van der Waals surface area contributed by atoms with Crippen molar-refractivity contribution in [2.45, 2.75) is 6.42 Å². The second-order valence-electron chi connectivity index (χ2n) is 3.66. The maximum Gasteiger partial charge on any atom is 0.228 e. The first-order valence-electron chi connectivity index (χ1n) is 4.87. The minimum atomic E-state index is 0.0518. The third-order valence-corrected chi connectivity index (χ3v) is 3.41. The van der Waals surface area contributed by atoms with Gasteiger partial charge in [-0.05, 0) is 23.3 Å². The average molecular weight is 231 g/mol. The number of aromatic nitrogens is 1. The molecule has 1 aliphatic heterocycles. The molecule has 0 spiro atoms. The molecule has 16 heavy (non-hydrogen) atoms. The first-order valence-corrected chi connectivity index (χ1v) is 5.68. The molecule has 1 aromatic heterocycles. The third kappa shape index (κ3) is 1.45. The van der Waals surface area contributed by atoms with E-state index in [0.29, 0.717) is 11.6 Å². The van der Waals surface area contributed by atoms with Crippen molar-refractivity contribution in [3.05, 3.63) is 30.0 Å². The number of anilines is 2. The van der Waals surface area contributed by atoms with E-state index in [4.69, 9.17) is 5.73 Å². The number of rotatable bonds is 1. The highest BCUT2D eigenvalue weighted by Crippen LogP contribution is 2.32. The molecular formula is C11H9N3OS. The van der Waals surface area contributed by atoms with Crippen LogP contribution in [0.4, 0.5) is 10.8 Å². The molecule has 2 aromatic rings. The maximum atomic E-state index is 11.2. The lowest BCUT2D eigenvalue weighted by atomic mass is 10.1. The van der Waals surface area contributed by atoms with Gasteiger partial charge in [-0.3, -0.25) is 4.79 Å². The Kier molecular flexibility index (Phi) is 1.94. The quantitative estimate of drug-likeness (QED) is 0.787. The van der Waals surface area contributed by atoms with Crippen LogP contribution in [0.2, 0.25) is 0 Å². The third-order valence-electron chi connectivity index (χ3n) is 2.54. The van der Waals surface area contributed by atoms with Crippen LogP contribution in [0.1, 0.15) is 5.56 Å². The fourth-order valence-electron chi connectivity index (χ4n) is 1.80. The number of nitrogens with two attached hydrogens (primary N) is 1. The van der Waals surface area contributed by atoms with Crippen LogP contribution in [0.3, 0.4) is 0 Å². The number of carbonyl (C=O) groups is 1. The van der Waals surface area contributed by atoms with Crippen LogP contribution in [-0.2, 0) is 11.2 Å². The molecule has 5 heteroatoms. The van der Waals surface area contributed by atoms with Crippen molar-refractivity contribution in [2.75, 3.05) is 11.1 Å². The van der Waals surface area contributed by atoms with Gasteiger partial charge in [0.15, 0.2) is 5.13 Å². The summed E-state index contributed by atoms with van der Waals surface area (Å²) in [6, 6.07) is 5.91. The molecule has 0 aliphatic carbocycles. The summed E-state index contributed by atoms with van der Waals surface area (Å²) < 4.78 is 0. The van der Waals surface area contributed by atoms with Crippen LogP contribution in [-0.4, -0.2) is 10.9 Å². The Hall–Kier alpha value is -1.88. The van der Waals surface area contributed by atoms with Crippen LogP contribution in [0.5, 0.6) is 0 Å². The van der Waals surface area contributed by atoms with Crippen LogP contribution >= 0.6 is 11.3 Å². The van der Waals surface area contributed by atoms with Gasteiger partial charge in [0.1, 0.15) is 0 Å². The Morgan fingerprint density at radius 3 is 3.06 bits per heavy atom. The molecule has 0 atom stereocenters. The zero-order chi connectivity index (χ0) is 11.1. The van der Waals surface area contributed by atoms with Crippen molar-refractivity contribution < 1.29 is 4.79 Å².